The molecule has 0 unspecified atom stereocenters. The van der Waals surface area contributed by atoms with Crippen LogP contribution in [0.3, 0.4) is 0 Å². The first kappa shape index (κ1) is 35.1. The highest BCUT2D eigenvalue weighted by Gasteiger charge is 2.30. The molecular weight excluding hydrogens is 839 g/mol. The van der Waals surface area contributed by atoms with Gasteiger partial charge < -0.3 is 5.11 Å². The van der Waals surface area contributed by atoms with Crippen molar-refractivity contribution in [1.82, 2.24) is 14.5 Å². The molecule has 69 heavy (non-hydrogen) atoms. The van der Waals surface area contributed by atoms with E-state index in [4.69, 9.17) is 18.7 Å². The maximum absolute atomic E-state index is 12.8. The topological polar surface area (TPSA) is 50.9 Å². The number of phenolic OH excluding ortho intramolecular Hbond substituents is 1. The van der Waals surface area contributed by atoms with Gasteiger partial charge in [-0.3, -0.25) is 9.55 Å². The molecule has 9 aromatic rings. The fourth-order valence-electron chi connectivity index (χ4n) is 8.88. The number of aromatic hydroxyl groups is 1. The highest BCUT2D eigenvalue weighted by Crippen LogP contribution is 2.47. The molecule has 348 valence electrons. The second-order valence-corrected chi connectivity index (χ2v) is 22.2. The van der Waals surface area contributed by atoms with Gasteiger partial charge in [-0.2, -0.15) is 0 Å². The molecule has 7 aromatic carbocycles. The molecule has 0 saturated carbocycles. The smallest absolute Gasteiger partial charge is 0.149 e. The van der Waals surface area contributed by atoms with Crippen LogP contribution < -0.4 is 0 Å². The summed E-state index contributed by atoms with van der Waals surface area (Å²) in [7, 11) is 0. The number of hydrogen-bond donors (Lipinski definition) is 1. The summed E-state index contributed by atoms with van der Waals surface area (Å²) >= 11 is 0. The molecule has 0 aliphatic heterocycles. The third kappa shape index (κ3) is 9.30. The van der Waals surface area contributed by atoms with Crippen molar-refractivity contribution in [2.75, 3.05) is 0 Å². The number of fused-ring (bicyclic) bond motifs is 1. The lowest BCUT2D eigenvalue weighted by Crippen LogP contribution is -2.17. The molecular formula is C65H67N3O. The Morgan fingerprint density at radius 1 is 0.507 bits per heavy atom. The van der Waals surface area contributed by atoms with Crippen molar-refractivity contribution < 1.29 is 20.2 Å². The van der Waals surface area contributed by atoms with Crippen molar-refractivity contribution in [3.05, 3.63) is 192 Å². The third-order valence-electron chi connectivity index (χ3n) is 13.0. The summed E-state index contributed by atoms with van der Waals surface area (Å²) < 4.78 is 99.5. The Labute approximate surface area is 426 Å². The molecule has 0 radical (unpaired) electrons. The Hall–Kier alpha value is -7.04. The SMILES string of the molecule is [2H]c1nc(-c2cc(-c3cccc4c3nc(-c3cc(C(C)(C)C)cc(C(C)(C)C)c3O)n4-c3cc(C([2H])([2H])[2H])c(-c4ccccc4)cc3-c3ccc(C(C)(C)C)cc3)cc(C(C)(C)C)c2)c([2H])c(-c2c([2H])c([2H])c([2H])c([2H])c2[2H])c1[2H]. The van der Waals surface area contributed by atoms with E-state index in [0.29, 0.717) is 55.9 Å². The van der Waals surface area contributed by atoms with Crippen molar-refractivity contribution >= 4 is 11.0 Å². The number of phenols is 1. The highest BCUT2D eigenvalue weighted by atomic mass is 16.3. The second kappa shape index (κ2) is 17.5. The van der Waals surface area contributed by atoms with E-state index in [9.17, 15) is 6.48 Å². The number of hydrogen-bond acceptors (Lipinski definition) is 3. The first-order valence-corrected chi connectivity index (χ1v) is 23.6. The van der Waals surface area contributed by atoms with Crippen LogP contribution in [-0.4, -0.2) is 19.6 Å². The minimum absolute atomic E-state index is 0.0293. The zero-order valence-electron chi connectivity index (χ0n) is 52.8. The first-order chi connectivity index (χ1) is 37.1. The lowest BCUT2D eigenvalue weighted by atomic mass is 9.79. The molecule has 0 aliphatic carbocycles. The van der Waals surface area contributed by atoms with E-state index < -0.39 is 60.1 Å². The molecule has 0 bridgehead atoms. The van der Waals surface area contributed by atoms with Gasteiger partial charge in [0.15, 0.2) is 0 Å². The average molecular weight is 917 g/mol. The number of benzene rings is 7. The Balaban J connectivity index is 1.44. The molecule has 4 heteroatoms. The summed E-state index contributed by atoms with van der Waals surface area (Å²) in [5, 5.41) is 12.8. The van der Waals surface area contributed by atoms with E-state index in [-0.39, 0.29) is 45.0 Å². The van der Waals surface area contributed by atoms with Crippen LogP contribution >= 0.6 is 0 Å². The van der Waals surface area contributed by atoms with Crippen molar-refractivity contribution in [2.45, 2.75) is 112 Å². The zero-order chi connectivity index (χ0) is 58.7. The molecule has 1 N–H and O–H groups in total. The summed E-state index contributed by atoms with van der Waals surface area (Å²) in [6.45, 7) is 22.5. The summed E-state index contributed by atoms with van der Waals surface area (Å²) in [5.41, 5.74) is 7.89. The molecule has 0 amide bonds. The van der Waals surface area contributed by atoms with Crippen LogP contribution in [0.5, 0.6) is 5.75 Å². The van der Waals surface area contributed by atoms with Crippen LogP contribution in [0.15, 0.2) is 164 Å². The van der Waals surface area contributed by atoms with Gasteiger partial charge in [-0.15, -0.1) is 0 Å². The molecule has 9 rings (SSSR count). The minimum atomic E-state index is -2.59. The van der Waals surface area contributed by atoms with Crippen LogP contribution in [0.4, 0.5) is 0 Å². The molecule has 2 heterocycles. The number of pyridine rings is 1. The van der Waals surface area contributed by atoms with E-state index in [1.54, 1.807) is 6.07 Å². The quantitative estimate of drug-likeness (QED) is 0.173. The van der Waals surface area contributed by atoms with Crippen LogP contribution in [0, 0.1) is 6.85 Å². The summed E-state index contributed by atoms with van der Waals surface area (Å²) in [6.07, 6.45) is -0.545. The lowest BCUT2D eigenvalue weighted by Gasteiger charge is -2.28. The lowest BCUT2D eigenvalue weighted by molar-refractivity contribution is 0.446. The minimum Gasteiger partial charge on any atom is -0.507 e. The monoisotopic (exact) mass is 917 g/mol. The fraction of sp³-hybridized carbons (Fsp3) is 0.262. The molecule has 2 aromatic heterocycles. The summed E-state index contributed by atoms with van der Waals surface area (Å²) in [5.74, 6) is 0.384. The zero-order valence-corrected chi connectivity index (χ0v) is 41.8. The van der Waals surface area contributed by atoms with Gasteiger partial charge in [0.1, 0.15) is 11.6 Å². The maximum atomic E-state index is 12.8. The number of para-hydroxylation sites is 1. The van der Waals surface area contributed by atoms with Crippen molar-refractivity contribution in [3.63, 3.8) is 0 Å². The molecule has 0 fully saturated rings. The predicted molar refractivity (Wildman–Crippen MR) is 293 cm³/mol. The largest absolute Gasteiger partial charge is 0.507 e. The Morgan fingerprint density at radius 3 is 1.81 bits per heavy atom. The molecule has 0 aliphatic rings. The molecule has 0 saturated heterocycles. The Kier molecular flexibility index (Phi) is 8.90. The number of nitrogens with zero attached hydrogens (tertiary/aromatic N) is 3. The average Bonchev–Trinajstić information content (AvgIpc) is 3.95. The van der Waals surface area contributed by atoms with Gasteiger partial charge >= 0.3 is 0 Å². The number of imidazole rings is 1. The van der Waals surface area contributed by atoms with Gasteiger partial charge in [-0.25, -0.2) is 4.98 Å². The van der Waals surface area contributed by atoms with E-state index in [1.165, 1.54) is 0 Å². The normalized spacial score (nSPS) is 14.9. The Morgan fingerprint density at radius 2 is 1.16 bits per heavy atom. The number of aryl methyl sites for hydroxylation is 1. The van der Waals surface area contributed by atoms with Crippen LogP contribution in [-0.2, 0) is 21.7 Å². The van der Waals surface area contributed by atoms with Gasteiger partial charge in [0.2, 0.25) is 0 Å². The Bertz CT molecular complexity index is 3920. The van der Waals surface area contributed by atoms with Crippen molar-refractivity contribution in [1.29, 1.82) is 0 Å². The van der Waals surface area contributed by atoms with Gasteiger partial charge in [-0.05, 0) is 133 Å². The summed E-state index contributed by atoms with van der Waals surface area (Å²) in [6, 6.07) is 33.0. The molecule has 0 atom stereocenters. The van der Waals surface area contributed by atoms with Crippen LogP contribution in [0.2, 0.25) is 0 Å². The maximum Gasteiger partial charge on any atom is 0.149 e. The van der Waals surface area contributed by atoms with Crippen LogP contribution in [0.1, 0.15) is 126 Å². The van der Waals surface area contributed by atoms with E-state index in [2.05, 4.69) is 91.6 Å². The van der Waals surface area contributed by atoms with Crippen LogP contribution in [0.25, 0.3) is 83.9 Å². The van der Waals surface area contributed by atoms with Gasteiger partial charge in [0.05, 0.1) is 38.9 Å². The third-order valence-corrected chi connectivity index (χ3v) is 13.0. The fourth-order valence-corrected chi connectivity index (χ4v) is 8.88. The van der Waals surface area contributed by atoms with Gasteiger partial charge in [-0.1, -0.05) is 192 Å². The molecule has 4 nitrogen and oxygen atoms in total. The first-order valence-electron chi connectivity index (χ1n) is 29.1. The predicted octanol–water partition coefficient (Wildman–Crippen LogP) is 17.6. The summed E-state index contributed by atoms with van der Waals surface area (Å²) in [4.78, 5) is 10.1. The van der Waals surface area contributed by atoms with Gasteiger partial charge in [0, 0.05) is 32.5 Å². The second-order valence-electron chi connectivity index (χ2n) is 22.2. The number of rotatable bonds is 7. The highest BCUT2D eigenvalue weighted by molar-refractivity contribution is 5.98. The molecule has 0 spiro atoms. The van der Waals surface area contributed by atoms with Crippen molar-refractivity contribution in [3.8, 4) is 78.6 Å². The van der Waals surface area contributed by atoms with E-state index >= 15 is 0 Å². The van der Waals surface area contributed by atoms with E-state index in [1.807, 2.05) is 110 Å². The van der Waals surface area contributed by atoms with Crippen molar-refractivity contribution in [2.24, 2.45) is 0 Å². The standard InChI is InChI=1S/C65H67N3O/c1-41-33-58(53(40-52(41)43-23-18-15-19-24-43)44-27-29-48(30-28-44)62(2,3)4)68-57-26-20-25-51(59(57)67-61(68)54-38-50(64(8,9)10)39-55(60(54)69)65(11,12)13)46-34-47(36-49(35-46)63(5,6)7)56-37-45(31-32-66-56)42-21-16-14-17-22-42/h14-40,69H,1-13H3/i1D3,14D,16D,17D,21D,22D,31D,32D,37D. The number of aromatic nitrogens is 3. The van der Waals surface area contributed by atoms with E-state index in [0.717, 1.165) is 33.4 Å². The van der Waals surface area contributed by atoms with Gasteiger partial charge in [0.25, 0.3) is 0 Å².